The van der Waals surface area contributed by atoms with E-state index in [1.54, 1.807) is 0 Å². The number of aromatic nitrogens is 4. The maximum Gasteiger partial charge on any atom is 0.307 e. The van der Waals surface area contributed by atoms with E-state index >= 15 is 0 Å². The van der Waals surface area contributed by atoms with Gasteiger partial charge in [0, 0.05) is 25.7 Å². The first-order valence-corrected chi connectivity index (χ1v) is 17.9. The van der Waals surface area contributed by atoms with Gasteiger partial charge < -0.3 is 18.9 Å². The molecule has 0 aromatic carbocycles. The van der Waals surface area contributed by atoms with Crippen LogP contribution in [-0.2, 0) is 14.3 Å². The molecule has 48 heavy (non-hydrogen) atoms. The van der Waals surface area contributed by atoms with Gasteiger partial charge in [0.1, 0.15) is 5.60 Å². The van der Waals surface area contributed by atoms with Crippen molar-refractivity contribution in [3.05, 3.63) is 23.4 Å². The highest BCUT2D eigenvalue weighted by molar-refractivity contribution is 5.90. The summed E-state index contributed by atoms with van der Waals surface area (Å²) in [7, 11) is 0. The number of hydrogen-bond donors (Lipinski definition) is 1. The number of Topliss-reactive ketones (excluding diaryl/α,β-unsaturated/α-hetero) is 2. The van der Waals surface area contributed by atoms with E-state index in [9.17, 15) is 19.2 Å². The molecule has 0 unspecified atom stereocenters. The van der Waals surface area contributed by atoms with Gasteiger partial charge in [-0.25, -0.2) is 0 Å². The lowest BCUT2D eigenvalue weighted by Crippen LogP contribution is -2.25. The lowest BCUT2D eigenvalue weighted by atomic mass is 9.84. The molecule has 2 aliphatic carbocycles. The van der Waals surface area contributed by atoms with Crippen LogP contribution in [0.15, 0.2) is 9.05 Å². The molecule has 2 atom stereocenters. The number of aliphatic carboxylic acids is 1. The second-order valence-electron chi connectivity index (χ2n) is 14.7. The average Bonchev–Trinajstić information content (AvgIpc) is 3.72. The topological polar surface area (TPSA) is 176 Å². The Balaban J connectivity index is 0.000000264. The van der Waals surface area contributed by atoms with Gasteiger partial charge in [0.15, 0.2) is 0 Å². The zero-order valence-corrected chi connectivity index (χ0v) is 29.6. The number of nitrogens with zero attached hydrogens (tertiary/aromatic N) is 4. The number of ether oxygens (including phenoxy) is 1. The number of esters is 1. The van der Waals surface area contributed by atoms with Gasteiger partial charge in [-0.05, 0) is 45.4 Å². The second-order valence-corrected chi connectivity index (χ2v) is 14.7. The summed E-state index contributed by atoms with van der Waals surface area (Å²) in [6, 6.07) is 0. The Morgan fingerprint density at radius 3 is 1.50 bits per heavy atom. The van der Waals surface area contributed by atoms with E-state index in [0.717, 1.165) is 37.5 Å². The van der Waals surface area contributed by atoms with Crippen LogP contribution in [0, 0.1) is 11.8 Å². The van der Waals surface area contributed by atoms with Crippen LogP contribution >= 0.6 is 0 Å². The van der Waals surface area contributed by atoms with Crippen molar-refractivity contribution in [3.8, 4) is 0 Å². The van der Waals surface area contributed by atoms with E-state index in [0.29, 0.717) is 12.3 Å². The van der Waals surface area contributed by atoms with E-state index in [1.165, 1.54) is 84.5 Å². The summed E-state index contributed by atoms with van der Waals surface area (Å²) in [5.41, 5.74) is -0.525. The molecule has 12 heteroatoms. The van der Waals surface area contributed by atoms with Crippen LogP contribution in [0.1, 0.15) is 195 Å². The number of carbonyl (C=O) groups is 4. The number of carbonyl (C=O) groups excluding carboxylic acids is 3. The van der Waals surface area contributed by atoms with Crippen LogP contribution in [-0.4, -0.2) is 54.5 Å². The highest BCUT2D eigenvalue weighted by Gasteiger charge is 2.27. The third-order valence-corrected chi connectivity index (χ3v) is 9.25. The number of carboxylic acid groups (broad SMARTS) is 1. The Hall–Kier alpha value is -3.44. The number of carboxylic acids is 1. The third kappa shape index (κ3) is 14.4. The van der Waals surface area contributed by atoms with Crippen LogP contribution < -0.4 is 0 Å². The van der Waals surface area contributed by atoms with Gasteiger partial charge in [-0.1, -0.05) is 100 Å². The molecule has 1 N–H and O–H groups in total. The van der Waals surface area contributed by atoms with E-state index in [-0.39, 0.29) is 59.8 Å². The minimum absolute atomic E-state index is 0.0256. The van der Waals surface area contributed by atoms with Crippen molar-refractivity contribution in [2.24, 2.45) is 11.8 Å². The Bertz CT molecular complexity index is 1300. The van der Waals surface area contributed by atoms with Crippen LogP contribution in [0.4, 0.5) is 0 Å². The summed E-state index contributed by atoms with van der Waals surface area (Å²) >= 11 is 0. The first-order valence-electron chi connectivity index (χ1n) is 17.9. The molecule has 0 amide bonds. The quantitative estimate of drug-likeness (QED) is 0.133. The molecule has 12 nitrogen and oxygen atoms in total. The van der Waals surface area contributed by atoms with Gasteiger partial charge in [-0.3, -0.25) is 19.2 Å². The predicted molar refractivity (Wildman–Crippen MR) is 178 cm³/mol. The monoisotopic (exact) mass is 672 g/mol. The molecule has 0 radical (unpaired) electrons. The highest BCUT2D eigenvalue weighted by atomic mass is 16.6. The molecular weight excluding hydrogens is 616 g/mol. The lowest BCUT2D eigenvalue weighted by molar-refractivity contribution is -0.155. The molecule has 2 saturated carbocycles. The van der Waals surface area contributed by atoms with Crippen molar-refractivity contribution < 1.29 is 38.1 Å². The molecular formula is C36H56N4O8. The Morgan fingerprint density at radius 1 is 0.729 bits per heavy atom. The zero-order chi connectivity index (χ0) is 35.1. The van der Waals surface area contributed by atoms with Crippen molar-refractivity contribution >= 4 is 23.5 Å². The predicted octanol–water partition coefficient (Wildman–Crippen LogP) is 8.42. The van der Waals surface area contributed by atoms with Gasteiger partial charge in [0.2, 0.25) is 35.0 Å². The van der Waals surface area contributed by atoms with Gasteiger partial charge in [0.25, 0.3) is 0 Å². The summed E-state index contributed by atoms with van der Waals surface area (Å²) in [6.07, 6.45) is 19.1. The fourth-order valence-corrected chi connectivity index (χ4v) is 6.77. The summed E-state index contributed by atoms with van der Waals surface area (Å²) in [4.78, 5) is 54.2. The van der Waals surface area contributed by atoms with E-state index in [1.807, 2.05) is 20.8 Å². The van der Waals surface area contributed by atoms with Crippen molar-refractivity contribution in [1.29, 1.82) is 0 Å². The molecule has 0 saturated heterocycles. The number of rotatable bonds is 16. The molecule has 268 valence electrons. The van der Waals surface area contributed by atoms with Crippen LogP contribution in [0.5, 0.6) is 0 Å². The van der Waals surface area contributed by atoms with Crippen molar-refractivity contribution in [2.45, 2.75) is 168 Å². The third-order valence-electron chi connectivity index (χ3n) is 9.25. The smallest absolute Gasteiger partial charge is 0.307 e. The van der Waals surface area contributed by atoms with Crippen molar-refractivity contribution in [3.63, 3.8) is 0 Å². The second kappa shape index (κ2) is 19.5. The highest BCUT2D eigenvalue weighted by Crippen LogP contribution is 2.33. The van der Waals surface area contributed by atoms with Gasteiger partial charge in [-0.2, -0.15) is 9.97 Å². The molecule has 2 aromatic rings. The molecule has 2 heterocycles. The number of ketones is 2. The normalized spacial score (nSPS) is 17.2. The first kappa shape index (κ1) is 39.0. The van der Waals surface area contributed by atoms with Crippen molar-refractivity contribution in [1.82, 2.24) is 20.3 Å². The standard InChI is InChI=1S/C20H32N2O4.C16H24N2O4/c1-14(23)18-21-19(26-22-18)16(13-17(24)25-20(2,3)4)12-8-11-15-9-6-5-7-10-15;1-11(19)15-17-16(22-18-15)13(10-14(20)21)9-5-8-12-6-3-2-4-7-12/h15-16H,5-13H2,1-4H3;12-13H,2-10H2,1H3,(H,20,21)/t16-;13-/m11/s1. The maximum absolute atomic E-state index is 12.3. The maximum atomic E-state index is 12.3. The Kier molecular flexibility index (Phi) is 15.9. The average molecular weight is 673 g/mol. The molecule has 0 aliphatic heterocycles. The van der Waals surface area contributed by atoms with Gasteiger partial charge in [-0.15, -0.1) is 0 Å². The molecule has 2 aromatic heterocycles. The molecule has 2 fully saturated rings. The lowest BCUT2D eigenvalue weighted by Gasteiger charge is -2.23. The largest absolute Gasteiger partial charge is 0.481 e. The van der Waals surface area contributed by atoms with Crippen LogP contribution in [0.3, 0.4) is 0 Å². The first-order chi connectivity index (χ1) is 22.8. The van der Waals surface area contributed by atoms with Crippen molar-refractivity contribution in [2.75, 3.05) is 0 Å². The zero-order valence-electron chi connectivity index (χ0n) is 29.6. The minimum atomic E-state index is -0.884. The van der Waals surface area contributed by atoms with E-state index in [2.05, 4.69) is 20.3 Å². The van der Waals surface area contributed by atoms with Crippen LogP contribution in [0.2, 0.25) is 0 Å². The fourth-order valence-electron chi connectivity index (χ4n) is 6.77. The summed E-state index contributed by atoms with van der Waals surface area (Å²) in [5.74, 6) is 0.129. The van der Waals surface area contributed by atoms with Gasteiger partial charge >= 0.3 is 11.9 Å². The molecule has 0 bridgehead atoms. The summed E-state index contributed by atoms with van der Waals surface area (Å²) in [6.45, 7) is 8.32. The summed E-state index contributed by atoms with van der Waals surface area (Å²) in [5, 5.41) is 16.4. The fraction of sp³-hybridized carbons (Fsp3) is 0.778. The SMILES string of the molecule is CC(=O)c1noc([C@H](CCCC2CCCCC2)CC(=O)O)n1.CC(=O)c1noc([C@H](CCCC2CCCCC2)CC(=O)OC(C)(C)C)n1. The number of hydrogen-bond acceptors (Lipinski definition) is 11. The van der Waals surface area contributed by atoms with Gasteiger partial charge in [0.05, 0.1) is 12.8 Å². The Morgan fingerprint density at radius 2 is 1.15 bits per heavy atom. The molecule has 0 spiro atoms. The van der Waals surface area contributed by atoms with Crippen LogP contribution in [0.25, 0.3) is 0 Å². The molecule has 2 aliphatic rings. The van der Waals surface area contributed by atoms with E-state index in [4.69, 9.17) is 18.9 Å². The Labute approximate surface area is 284 Å². The minimum Gasteiger partial charge on any atom is -0.481 e. The molecule has 4 rings (SSSR count). The van der Waals surface area contributed by atoms with E-state index < -0.39 is 11.6 Å². The summed E-state index contributed by atoms with van der Waals surface area (Å²) < 4.78 is 15.8.